The van der Waals surface area contributed by atoms with E-state index in [0.29, 0.717) is 24.8 Å². The number of pyridine rings is 1. The number of hydrogen-bond acceptors (Lipinski definition) is 6. The topological polar surface area (TPSA) is 75.4 Å². The molecule has 1 amide bonds. The number of aryl methyl sites for hydroxylation is 1. The molecule has 1 atom stereocenters. The van der Waals surface area contributed by atoms with Crippen molar-refractivity contribution in [1.82, 2.24) is 20.0 Å². The minimum atomic E-state index is 0.111. The Hall–Kier alpha value is -2.44. The van der Waals surface area contributed by atoms with Crippen LogP contribution in [0.4, 0.5) is 5.95 Å². The molecule has 0 aromatic carbocycles. The lowest BCUT2D eigenvalue weighted by Crippen LogP contribution is -2.40. The summed E-state index contributed by atoms with van der Waals surface area (Å²) in [6, 6.07) is 3.89. The van der Waals surface area contributed by atoms with E-state index in [1.165, 1.54) is 0 Å². The molecular weight excluding hydrogens is 306 g/mol. The maximum atomic E-state index is 12.6. The molecule has 1 aliphatic rings. The molecule has 3 heterocycles. The molecule has 128 valence electrons. The second kappa shape index (κ2) is 6.98. The van der Waals surface area contributed by atoms with E-state index < -0.39 is 0 Å². The standard InChI is InChI=1S/C17H23N5O2/c1-12-6-7-13(10-18-12)9-15(23)22-8-4-5-14(11-22)16-19-17(20-24-16)21(2)3/h6-7,10,14H,4-5,8-9,11H2,1-3H3/t14-/m0/s1. The summed E-state index contributed by atoms with van der Waals surface area (Å²) in [5, 5.41) is 3.96. The van der Waals surface area contributed by atoms with Crippen molar-refractivity contribution in [3.8, 4) is 0 Å². The Balaban J connectivity index is 1.63. The number of aromatic nitrogens is 3. The van der Waals surface area contributed by atoms with Crippen LogP contribution in [-0.4, -0.2) is 53.1 Å². The Labute approximate surface area is 141 Å². The largest absolute Gasteiger partial charge is 0.344 e. The number of piperidine rings is 1. The van der Waals surface area contributed by atoms with Gasteiger partial charge in [-0.15, -0.1) is 0 Å². The lowest BCUT2D eigenvalue weighted by atomic mass is 9.97. The number of nitrogens with zero attached hydrogens (tertiary/aromatic N) is 5. The van der Waals surface area contributed by atoms with Crippen molar-refractivity contribution in [1.29, 1.82) is 0 Å². The minimum Gasteiger partial charge on any atom is -0.344 e. The number of anilines is 1. The van der Waals surface area contributed by atoms with Crippen LogP contribution in [0, 0.1) is 6.92 Å². The van der Waals surface area contributed by atoms with Crippen LogP contribution in [0.25, 0.3) is 0 Å². The molecule has 1 fully saturated rings. The number of hydrogen-bond donors (Lipinski definition) is 0. The van der Waals surface area contributed by atoms with E-state index in [1.54, 1.807) is 6.20 Å². The molecule has 0 aliphatic carbocycles. The highest BCUT2D eigenvalue weighted by Crippen LogP contribution is 2.27. The van der Waals surface area contributed by atoms with Crippen molar-refractivity contribution >= 4 is 11.9 Å². The third-order valence-corrected chi connectivity index (χ3v) is 4.28. The average Bonchev–Trinajstić information content (AvgIpc) is 3.07. The number of carbonyl (C=O) groups is 1. The molecule has 0 bridgehead atoms. The van der Waals surface area contributed by atoms with Crippen LogP contribution in [0.2, 0.25) is 0 Å². The molecule has 1 saturated heterocycles. The summed E-state index contributed by atoms with van der Waals surface area (Å²) in [5.74, 6) is 1.42. The highest BCUT2D eigenvalue weighted by atomic mass is 16.5. The number of likely N-dealkylation sites (tertiary alicyclic amines) is 1. The van der Waals surface area contributed by atoms with Gasteiger partial charge in [0.05, 0.1) is 12.3 Å². The van der Waals surface area contributed by atoms with Crippen molar-refractivity contribution in [2.24, 2.45) is 0 Å². The number of amides is 1. The van der Waals surface area contributed by atoms with Crippen molar-refractivity contribution < 1.29 is 9.32 Å². The number of carbonyl (C=O) groups excluding carboxylic acids is 1. The van der Waals surface area contributed by atoms with E-state index >= 15 is 0 Å². The van der Waals surface area contributed by atoms with E-state index in [1.807, 2.05) is 43.0 Å². The van der Waals surface area contributed by atoms with E-state index in [2.05, 4.69) is 15.1 Å². The van der Waals surface area contributed by atoms with Crippen molar-refractivity contribution in [3.05, 3.63) is 35.5 Å². The van der Waals surface area contributed by atoms with Crippen LogP contribution in [0.3, 0.4) is 0 Å². The smallest absolute Gasteiger partial charge is 0.265 e. The predicted molar refractivity (Wildman–Crippen MR) is 89.9 cm³/mol. The maximum absolute atomic E-state index is 12.6. The summed E-state index contributed by atoms with van der Waals surface area (Å²) in [6.07, 6.45) is 4.07. The van der Waals surface area contributed by atoms with Gasteiger partial charge in [0.25, 0.3) is 5.95 Å². The van der Waals surface area contributed by atoms with Crippen molar-refractivity contribution in [2.75, 3.05) is 32.1 Å². The van der Waals surface area contributed by atoms with Gasteiger partial charge in [-0.2, -0.15) is 4.98 Å². The van der Waals surface area contributed by atoms with E-state index in [-0.39, 0.29) is 11.8 Å². The molecule has 0 spiro atoms. The first kappa shape index (κ1) is 16.4. The first-order valence-electron chi connectivity index (χ1n) is 8.23. The van der Waals surface area contributed by atoms with Crippen LogP contribution < -0.4 is 4.90 Å². The van der Waals surface area contributed by atoms with Gasteiger partial charge in [0, 0.05) is 39.1 Å². The first-order chi connectivity index (χ1) is 11.5. The van der Waals surface area contributed by atoms with Crippen LogP contribution in [0.1, 0.15) is 35.9 Å². The summed E-state index contributed by atoms with van der Waals surface area (Å²) in [6.45, 7) is 3.35. The molecule has 0 unspecified atom stereocenters. The highest BCUT2D eigenvalue weighted by Gasteiger charge is 2.28. The second-order valence-corrected chi connectivity index (χ2v) is 6.49. The Morgan fingerprint density at radius 2 is 2.25 bits per heavy atom. The summed E-state index contributed by atoms with van der Waals surface area (Å²) in [5.41, 5.74) is 1.90. The van der Waals surface area contributed by atoms with Gasteiger partial charge < -0.3 is 14.3 Å². The Bertz CT molecular complexity index is 695. The SMILES string of the molecule is Cc1ccc(CC(=O)N2CCC[C@H](c3nc(N(C)C)no3)C2)cn1. The lowest BCUT2D eigenvalue weighted by molar-refractivity contribution is -0.131. The van der Waals surface area contributed by atoms with Gasteiger partial charge >= 0.3 is 0 Å². The summed E-state index contributed by atoms with van der Waals surface area (Å²) in [4.78, 5) is 24.9. The van der Waals surface area contributed by atoms with E-state index in [9.17, 15) is 4.79 Å². The fourth-order valence-corrected chi connectivity index (χ4v) is 2.87. The molecule has 24 heavy (non-hydrogen) atoms. The molecular formula is C17H23N5O2. The zero-order valence-corrected chi connectivity index (χ0v) is 14.4. The van der Waals surface area contributed by atoms with Gasteiger partial charge in [0.15, 0.2) is 0 Å². The van der Waals surface area contributed by atoms with Gasteiger partial charge in [-0.25, -0.2) is 0 Å². The van der Waals surface area contributed by atoms with Crippen molar-refractivity contribution in [3.63, 3.8) is 0 Å². The summed E-state index contributed by atoms with van der Waals surface area (Å²) < 4.78 is 5.37. The van der Waals surface area contributed by atoms with Crippen LogP contribution >= 0.6 is 0 Å². The van der Waals surface area contributed by atoms with Crippen LogP contribution in [0.5, 0.6) is 0 Å². The predicted octanol–water partition coefficient (Wildman–Crippen LogP) is 1.79. The lowest BCUT2D eigenvalue weighted by Gasteiger charge is -2.31. The average molecular weight is 329 g/mol. The summed E-state index contributed by atoms with van der Waals surface area (Å²) in [7, 11) is 3.75. The van der Waals surface area contributed by atoms with E-state index in [0.717, 1.165) is 30.6 Å². The fraction of sp³-hybridized carbons (Fsp3) is 0.529. The second-order valence-electron chi connectivity index (χ2n) is 6.49. The molecule has 2 aromatic rings. The number of rotatable bonds is 4. The Morgan fingerprint density at radius 1 is 1.42 bits per heavy atom. The van der Waals surface area contributed by atoms with Gasteiger partial charge in [-0.05, 0) is 36.6 Å². The third kappa shape index (κ3) is 3.72. The zero-order valence-electron chi connectivity index (χ0n) is 14.4. The van der Waals surface area contributed by atoms with Crippen LogP contribution in [-0.2, 0) is 11.2 Å². The van der Waals surface area contributed by atoms with Gasteiger partial charge in [0.1, 0.15) is 0 Å². The molecule has 0 saturated carbocycles. The monoisotopic (exact) mass is 329 g/mol. The first-order valence-corrected chi connectivity index (χ1v) is 8.23. The third-order valence-electron chi connectivity index (χ3n) is 4.28. The van der Waals surface area contributed by atoms with Gasteiger partial charge in [-0.1, -0.05) is 6.07 Å². The van der Waals surface area contributed by atoms with Gasteiger partial charge in [0.2, 0.25) is 11.8 Å². The fourth-order valence-electron chi connectivity index (χ4n) is 2.87. The maximum Gasteiger partial charge on any atom is 0.265 e. The summed E-state index contributed by atoms with van der Waals surface area (Å²) >= 11 is 0. The molecule has 1 aliphatic heterocycles. The normalized spacial score (nSPS) is 17.8. The highest BCUT2D eigenvalue weighted by molar-refractivity contribution is 5.78. The quantitative estimate of drug-likeness (QED) is 0.851. The molecule has 0 radical (unpaired) electrons. The molecule has 0 N–H and O–H groups in total. The molecule has 7 nitrogen and oxygen atoms in total. The molecule has 7 heteroatoms. The zero-order chi connectivity index (χ0) is 17.1. The van der Waals surface area contributed by atoms with Gasteiger partial charge in [-0.3, -0.25) is 9.78 Å². The molecule has 3 rings (SSSR count). The van der Waals surface area contributed by atoms with Crippen molar-refractivity contribution in [2.45, 2.75) is 32.1 Å². The van der Waals surface area contributed by atoms with E-state index in [4.69, 9.17) is 4.52 Å². The Kier molecular flexibility index (Phi) is 4.78. The molecule has 2 aromatic heterocycles. The Morgan fingerprint density at radius 3 is 2.92 bits per heavy atom. The van der Waals surface area contributed by atoms with Crippen LogP contribution in [0.15, 0.2) is 22.9 Å². The minimum absolute atomic E-state index is 0.111.